The molecule has 2 aliphatic heterocycles. The summed E-state index contributed by atoms with van der Waals surface area (Å²) in [5.74, 6) is -1.17. The fourth-order valence-electron chi connectivity index (χ4n) is 4.95. The van der Waals surface area contributed by atoms with Crippen LogP contribution in [0.2, 0.25) is 0 Å². The lowest BCUT2D eigenvalue weighted by Crippen LogP contribution is -2.38. The first-order valence-electron chi connectivity index (χ1n) is 11.5. The number of hydrogen-bond acceptors (Lipinski definition) is 4. The Morgan fingerprint density at radius 2 is 1.97 bits per heavy atom. The molecule has 0 saturated carbocycles. The predicted molar refractivity (Wildman–Crippen MR) is 129 cm³/mol. The summed E-state index contributed by atoms with van der Waals surface area (Å²) in [4.78, 5) is 15.4. The van der Waals surface area contributed by atoms with E-state index in [1.54, 1.807) is 17.4 Å². The molecule has 2 aromatic carbocycles. The Kier molecular flexibility index (Phi) is 6.36. The number of carbonyl (C=O) groups excluding carboxylic acids is 1. The van der Waals surface area contributed by atoms with Gasteiger partial charge >= 0.3 is 6.36 Å². The number of fused-ring (bicyclic) bond motifs is 2. The van der Waals surface area contributed by atoms with Crippen molar-refractivity contribution in [1.82, 2.24) is 4.90 Å². The quantitative estimate of drug-likeness (QED) is 0.428. The summed E-state index contributed by atoms with van der Waals surface area (Å²) >= 11 is 1.66. The van der Waals surface area contributed by atoms with E-state index < -0.39 is 18.0 Å². The number of benzene rings is 2. The zero-order chi connectivity index (χ0) is 23.7. The highest BCUT2D eigenvalue weighted by Crippen LogP contribution is 2.37. The lowest BCUT2D eigenvalue weighted by molar-refractivity contribution is -0.274. The van der Waals surface area contributed by atoms with Crippen molar-refractivity contribution >= 4 is 38.6 Å². The van der Waals surface area contributed by atoms with E-state index in [-0.39, 0.29) is 5.56 Å². The van der Waals surface area contributed by atoms with Gasteiger partial charge in [-0.25, -0.2) is 0 Å². The van der Waals surface area contributed by atoms with Crippen molar-refractivity contribution in [2.75, 3.05) is 18.4 Å². The molecule has 2 aliphatic rings. The number of alkyl halides is 3. The lowest BCUT2D eigenvalue weighted by atomic mass is 9.95. The largest absolute Gasteiger partial charge is 0.573 e. The number of halogens is 3. The second-order valence-corrected chi connectivity index (χ2v) is 9.68. The molecule has 0 aliphatic carbocycles. The van der Waals surface area contributed by atoms with E-state index in [0.29, 0.717) is 11.7 Å². The van der Waals surface area contributed by atoms with Gasteiger partial charge in [-0.05, 0) is 79.1 Å². The number of allylic oxidation sites excluding steroid dienone is 1. The second-order valence-electron chi connectivity index (χ2n) is 8.77. The molecule has 178 valence electrons. The molecule has 3 aromatic rings. The molecular weight excluding hydrogens is 461 g/mol. The predicted octanol–water partition coefficient (Wildman–Crippen LogP) is 7.08. The smallest absolute Gasteiger partial charge is 0.405 e. The third-order valence-electron chi connectivity index (χ3n) is 6.60. The number of nitrogens with zero attached hydrogens (tertiary/aromatic N) is 1. The molecule has 34 heavy (non-hydrogen) atoms. The van der Waals surface area contributed by atoms with Crippen LogP contribution in [0.15, 0.2) is 53.9 Å². The van der Waals surface area contributed by atoms with Crippen LogP contribution >= 0.6 is 11.3 Å². The zero-order valence-electron chi connectivity index (χ0n) is 18.5. The van der Waals surface area contributed by atoms with Gasteiger partial charge in [0, 0.05) is 28.4 Å². The van der Waals surface area contributed by atoms with Gasteiger partial charge in [0.05, 0.1) is 5.56 Å². The van der Waals surface area contributed by atoms with Crippen molar-refractivity contribution in [2.45, 2.75) is 44.5 Å². The van der Waals surface area contributed by atoms with Gasteiger partial charge < -0.3 is 10.1 Å². The fraction of sp³-hybridized carbons (Fsp3) is 0.346. The van der Waals surface area contributed by atoms with E-state index in [4.69, 9.17) is 0 Å². The Bertz CT molecular complexity index is 1230. The number of hydrogen-bond donors (Lipinski definition) is 1. The van der Waals surface area contributed by atoms with Crippen molar-refractivity contribution < 1.29 is 22.7 Å². The maximum atomic E-state index is 12.8. The van der Waals surface area contributed by atoms with E-state index in [2.05, 4.69) is 26.4 Å². The van der Waals surface area contributed by atoms with Gasteiger partial charge in [-0.2, -0.15) is 0 Å². The van der Waals surface area contributed by atoms with Crippen molar-refractivity contribution in [3.63, 3.8) is 0 Å². The van der Waals surface area contributed by atoms with Gasteiger partial charge in [0.1, 0.15) is 5.75 Å². The summed E-state index contributed by atoms with van der Waals surface area (Å²) in [6.07, 6.45) is 3.46. The van der Waals surface area contributed by atoms with Crippen LogP contribution in [0.25, 0.3) is 15.7 Å². The zero-order valence-corrected chi connectivity index (χ0v) is 19.3. The third-order valence-corrected chi connectivity index (χ3v) is 7.57. The number of ether oxygens (including phenoxy) is 1. The first kappa shape index (κ1) is 22.9. The van der Waals surface area contributed by atoms with Gasteiger partial charge in [-0.3, -0.25) is 9.69 Å². The molecule has 1 fully saturated rings. The monoisotopic (exact) mass is 486 g/mol. The Morgan fingerprint density at radius 1 is 1.12 bits per heavy atom. The highest BCUT2D eigenvalue weighted by molar-refractivity contribution is 7.17. The standard InChI is InChI=1S/C26H25F3N2O2S/c27-26(28,29)33-23-7-2-1-6-20(23)25(32)30-18-9-11-24-21(15-18)22(16-34-24)17-8-10-19-5-3-4-13-31(19)14-12-17/h1-2,6-7,9,11-12,15-16,19H,3-5,8,10,13-14H2,(H,30,32). The molecule has 1 saturated heterocycles. The number of piperidine rings is 1. The number of carbonyl (C=O) groups is 1. The van der Waals surface area contributed by atoms with Crippen LogP contribution in [0.4, 0.5) is 18.9 Å². The summed E-state index contributed by atoms with van der Waals surface area (Å²) in [5.41, 5.74) is 2.86. The van der Waals surface area contributed by atoms with Crippen LogP contribution in [0.1, 0.15) is 48.0 Å². The summed E-state index contributed by atoms with van der Waals surface area (Å²) in [6.45, 7) is 2.12. The van der Waals surface area contributed by atoms with Gasteiger partial charge in [-0.15, -0.1) is 24.5 Å². The molecule has 1 amide bonds. The molecule has 0 radical (unpaired) electrons. The minimum absolute atomic E-state index is 0.173. The van der Waals surface area contributed by atoms with E-state index in [1.807, 2.05) is 12.1 Å². The van der Waals surface area contributed by atoms with Crippen molar-refractivity contribution in [1.29, 1.82) is 0 Å². The Labute approximate surface area is 200 Å². The minimum atomic E-state index is -4.87. The van der Waals surface area contributed by atoms with Crippen molar-refractivity contribution in [3.05, 3.63) is 65.0 Å². The van der Waals surface area contributed by atoms with Crippen LogP contribution in [-0.2, 0) is 0 Å². The molecule has 0 bridgehead atoms. The van der Waals surface area contributed by atoms with Gasteiger partial charge in [0.25, 0.3) is 5.91 Å². The van der Waals surface area contributed by atoms with Crippen LogP contribution < -0.4 is 10.1 Å². The van der Waals surface area contributed by atoms with Gasteiger partial charge in [0.2, 0.25) is 0 Å². The molecule has 1 N–H and O–H groups in total. The molecule has 8 heteroatoms. The highest BCUT2D eigenvalue weighted by Gasteiger charge is 2.33. The van der Waals surface area contributed by atoms with E-state index in [9.17, 15) is 18.0 Å². The second kappa shape index (κ2) is 9.43. The molecule has 1 atom stereocenters. The van der Waals surface area contributed by atoms with Gasteiger partial charge in [-0.1, -0.05) is 24.6 Å². The maximum Gasteiger partial charge on any atom is 0.573 e. The first-order valence-corrected chi connectivity index (χ1v) is 12.4. The molecule has 0 spiro atoms. The molecule has 1 unspecified atom stereocenters. The van der Waals surface area contributed by atoms with Crippen molar-refractivity contribution in [2.24, 2.45) is 0 Å². The van der Waals surface area contributed by atoms with Crippen LogP contribution in [-0.4, -0.2) is 36.3 Å². The number of anilines is 1. The maximum absolute atomic E-state index is 12.8. The van der Waals surface area contributed by atoms with Crippen LogP contribution in [0, 0.1) is 0 Å². The van der Waals surface area contributed by atoms with E-state index >= 15 is 0 Å². The molecule has 1 aromatic heterocycles. The molecule has 4 nitrogen and oxygen atoms in total. The van der Waals surface area contributed by atoms with E-state index in [0.717, 1.165) is 42.1 Å². The molecule has 5 rings (SSSR count). The Balaban J connectivity index is 1.39. The molecular formula is C26H25F3N2O2S. The summed E-state index contributed by atoms with van der Waals surface area (Å²) in [6, 6.07) is 11.6. The Morgan fingerprint density at radius 3 is 2.82 bits per heavy atom. The highest BCUT2D eigenvalue weighted by atomic mass is 32.1. The number of rotatable bonds is 4. The first-order chi connectivity index (χ1) is 16.4. The Hall–Kier alpha value is -2.84. The number of nitrogens with one attached hydrogen (secondary N) is 1. The van der Waals surface area contributed by atoms with Crippen LogP contribution in [0.3, 0.4) is 0 Å². The van der Waals surface area contributed by atoms with E-state index in [1.165, 1.54) is 48.6 Å². The number of amides is 1. The minimum Gasteiger partial charge on any atom is -0.405 e. The number of para-hydroxylation sites is 1. The summed E-state index contributed by atoms with van der Waals surface area (Å²) in [5, 5.41) is 5.96. The SMILES string of the molecule is O=C(Nc1ccc2scc(C3=CCN4CCCCC4CC3)c2c1)c1ccccc1OC(F)(F)F. The fourth-order valence-corrected chi connectivity index (χ4v) is 5.91. The van der Waals surface area contributed by atoms with Crippen LogP contribution in [0.5, 0.6) is 5.75 Å². The summed E-state index contributed by atoms with van der Waals surface area (Å²) < 4.78 is 43.3. The average Bonchev–Trinajstić information content (AvgIpc) is 3.10. The number of thiophene rings is 1. The lowest BCUT2D eigenvalue weighted by Gasteiger charge is -2.33. The normalized spacial score (nSPS) is 19.3. The molecule has 3 heterocycles. The topological polar surface area (TPSA) is 41.6 Å². The average molecular weight is 487 g/mol. The van der Waals surface area contributed by atoms with Gasteiger partial charge in [0.15, 0.2) is 0 Å². The summed E-state index contributed by atoms with van der Waals surface area (Å²) in [7, 11) is 0. The van der Waals surface area contributed by atoms with Crippen molar-refractivity contribution in [3.8, 4) is 5.75 Å². The third kappa shape index (κ3) is 4.98.